The molecule has 2 heterocycles. The Labute approximate surface area is 267 Å². The van der Waals surface area contributed by atoms with E-state index >= 15 is 0 Å². The van der Waals surface area contributed by atoms with E-state index in [0.717, 1.165) is 18.4 Å². The van der Waals surface area contributed by atoms with Gasteiger partial charge in [-0.15, -0.1) is 0 Å². The minimum Gasteiger partial charge on any atom is -0.459 e. The SMILES string of the molecule is CO[C@H]1C[C@H]2C=C[C@H]3[C@H]4O[C@]2(/C(C)=C/[C@@H](C)[C@@H]([C@@H](C)OC(=O)CCCC(C)C)OC1=O)[C@@H]3[C@H](O)[C@@H](C)[C@H]4OC(=O)C1=CC=CC1. The smallest absolute Gasteiger partial charge is 0.335 e. The van der Waals surface area contributed by atoms with Crippen molar-refractivity contribution in [2.45, 2.75) is 116 Å². The monoisotopic (exact) mass is 626 g/mol. The molecule has 1 saturated heterocycles. The number of carbonyl (C=O) groups is 3. The molecule has 0 aromatic rings. The van der Waals surface area contributed by atoms with E-state index in [0.29, 0.717) is 24.3 Å². The van der Waals surface area contributed by atoms with E-state index in [4.69, 9.17) is 23.7 Å². The number of methoxy groups -OCH3 is 1. The van der Waals surface area contributed by atoms with Crippen molar-refractivity contribution in [3.8, 4) is 0 Å². The summed E-state index contributed by atoms with van der Waals surface area (Å²) in [5.41, 5.74) is 0.519. The van der Waals surface area contributed by atoms with Crippen molar-refractivity contribution < 1.29 is 43.2 Å². The lowest BCUT2D eigenvalue weighted by Gasteiger charge is -2.49. The minimum atomic E-state index is -0.961. The summed E-state index contributed by atoms with van der Waals surface area (Å²) in [6.45, 7) is 11.8. The first kappa shape index (κ1) is 33.6. The summed E-state index contributed by atoms with van der Waals surface area (Å²) in [5, 5.41) is 11.9. The highest BCUT2D eigenvalue weighted by molar-refractivity contribution is 5.90. The van der Waals surface area contributed by atoms with Gasteiger partial charge in [0.15, 0.2) is 6.10 Å². The van der Waals surface area contributed by atoms with Gasteiger partial charge in [0, 0.05) is 48.7 Å². The van der Waals surface area contributed by atoms with E-state index in [9.17, 15) is 19.5 Å². The van der Waals surface area contributed by atoms with Gasteiger partial charge in [-0.25, -0.2) is 9.59 Å². The van der Waals surface area contributed by atoms with Crippen LogP contribution in [0.1, 0.15) is 73.6 Å². The van der Waals surface area contributed by atoms with E-state index in [1.54, 1.807) is 13.0 Å². The first-order valence-corrected chi connectivity index (χ1v) is 16.6. The molecule has 1 N–H and O–H groups in total. The molecule has 0 unspecified atom stereocenters. The third-order valence-electron chi connectivity index (χ3n) is 10.6. The maximum Gasteiger partial charge on any atom is 0.335 e. The van der Waals surface area contributed by atoms with Crippen LogP contribution in [0.5, 0.6) is 0 Å². The van der Waals surface area contributed by atoms with Crippen LogP contribution in [0.4, 0.5) is 0 Å². The summed E-state index contributed by atoms with van der Waals surface area (Å²) in [7, 11) is 1.48. The zero-order valence-electron chi connectivity index (χ0n) is 27.6. The Hall–Kier alpha value is -2.75. The van der Waals surface area contributed by atoms with Crippen molar-refractivity contribution in [3.63, 3.8) is 0 Å². The predicted octanol–water partition coefficient (Wildman–Crippen LogP) is 5.02. The number of aliphatic hydroxyl groups excluding tert-OH is 1. The molecule has 0 amide bonds. The lowest BCUT2D eigenvalue weighted by atomic mass is 9.57. The highest BCUT2D eigenvalue weighted by atomic mass is 16.6. The average molecular weight is 627 g/mol. The fraction of sp³-hybridized carbons (Fsp3) is 0.694. The van der Waals surface area contributed by atoms with Crippen molar-refractivity contribution in [1.29, 1.82) is 0 Å². The Morgan fingerprint density at radius 1 is 1.18 bits per heavy atom. The molecule has 2 aliphatic heterocycles. The van der Waals surface area contributed by atoms with Crippen molar-refractivity contribution in [2.75, 3.05) is 7.11 Å². The van der Waals surface area contributed by atoms with Gasteiger partial charge in [0.25, 0.3) is 0 Å². The normalized spacial score (nSPS) is 40.6. The van der Waals surface area contributed by atoms with Crippen molar-refractivity contribution in [3.05, 3.63) is 47.6 Å². The molecule has 9 nitrogen and oxygen atoms in total. The van der Waals surface area contributed by atoms with Crippen molar-refractivity contribution >= 4 is 17.9 Å². The number of rotatable bonds is 9. The molecule has 0 aromatic heterocycles. The Balaban J connectivity index is 1.46. The molecule has 12 atom stereocenters. The number of cyclic esters (lactones) is 1. The fourth-order valence-corrected chi connectivity index (χ4v) is 8.27. The second kappa shape index (κ2) is 13.5. The minimum absolute atomic E-state index is 0.183. The number of hydrogen-bond acceptors (Lipinski definition) is 9. The van der Waals surface area contributed by atoms with Gasteiger partial charge in [-0.2, -0.15) is 0 Å². The van der Waals surface area contributed by atoms with Crippen LogP contribution < -0.4 is 0 Å². The fourth-order valence-electron chi connectivity index (χ4n) is 8.27. The average Bonchev–Trinajstić information content (AvgIpc) is 3.59. The van der Waals surface area contributed by atoms with Gasteiger partial charge in [-0.3, -0.25) is 4.79 Å². The van der Waals surface area contributed by atoms with Crippen LogP contribution in [-0.4, -0.2) is 72.3 Å². The topological polar surface area (TPSA) is 118 Å². The van der Waals surface area contributed by atoms with Crippen LogP contribution in [0, 0.1) is 35.5 Å². The van der Waals surface area contributed by atoms with Gasteiger partial charge in [0.1, 0.15) is 30.0 Å². The van der Waals surface area contributed by atoms with E-state index in [1.807, 2.05) is 39.0 Å². The molecule has 5 aliphatic rings. The Morgan fingerprint density at radius 3 is 2.60 bits per heavy atom. The highest BCUT2D eigenvalue weighted by Gasteiger charge is 2.69. The molecule has 1 saturated carbocycles. The van der Waals surface area contributed by atoms with E-state index in [1.165, 1.54) is 7.11 Å². The number of hydrogen-bond donors (Lipinski definition) is 1. The van der Waals surface area contributed by atoms with Gasteiger partial charge in [-0.1, -0.05) is 70.6 Å². The second-order valence-electron chi connectivity index (χ2n) is 14.1. The van der Waals surface area contributed by atoms with E-state index in [-0.39, 0.29) is 42.0 Å². The highest BCUT2D eigenvalue weighted by Crippen LogP contribution is 2.61. The van der Waals surface area contributed by atoms with Crippen LogP contribution in [0.3, 0.4) is 0 Å². The number of carbonyl (C=O) groups excluding carboxylic acids is 3. The summed E-state index contributed by atoms with van der Waals surface area (Å²) >= 11 is 0. The molecule has 3 aliphatic carbocycles. The van der Waals surface area contributed by atoms with Gasteiger partial charge >= 0.3 is 17.9 Å². The summed E-state index contributed by atoms with van der Waals surface area (Å²) in [5.74, 6) is -2.28. The van der Waals surface area contributed by atoms with Crippen LogP contribution in [0.2, 0.25) is 0 Å². The first-order valence-electron chi connectivity index (χ1n) is 16.6. The molecule has 9 heteroatoms. The number of esters is 3. The van der Waals surface area contributed by atoms with Crippen LogP contribution in [0.15, 0.2) is 47.6 Å². The van der Waals surface area contributed by atoms with Crippen molar-refractivity contribution in [1.82, 2.24) is 0 Å². The second-order valence-corrected chi connectivity index (χ2v) is 14.1. The van der Waals surface area contributed by atoms with Crippen molar-refractivity contribution in [2.24, 2.45) is 35.5 Å². The van der Waals surface area contributed by atoms with E-state index in [2.05, 4.69) is 26.0 Å². The van der Waals surface area contributed by atoms with Crippen LogP contribution in [0.25, 0.3) is 0 Å². The molecule has 45 heavy (non-hydrogen) atoms. The standard InChI is InChI=1S/C36H50O9/c1-19(2)11-10-14-28(37)42-23(6)31-20(3)17-21(4)36-25(18-27(41-7)35(40)43-31)15-16-26-29(36)30(38)22(5)32(33(26)45-36)44-34(39)24-12-8-9-13-24/h8-9,12,15-17,19-20,22-23,25-27,29-33,38H,10-11,13-14,18H2,1-7H3/b21-17+/t20-,22-,23-,25-,26-,27+,29+,30-,31+,32-,33-,36+/m1/s1. The summed E-state index contributed by atoms with van der Waals surface area (Å²) in [4.78, 5) is 39.4. The zero-order chi connectivity index (χ0) is 32.6. The molecular weight excluding hydrogens is 576 g/mol. The largest absolute Gasteiger partial charge is 0.459 e. The molecule has 1 spiro atoms. The third kappa shape index (κ3) is 6.32. The lowest BCUT2D eigenvalue weighted by molar-refractivity contribution is -0.179. The molecule has 248 valence electrons. The van der Waals surface area contributed by atoms with Gasteiger partial charge in [-0.05, 0) is 44.6 Å². The molecule has 5 rings (SSSR count). The summed E-state index contributed by atoms with van der Waals surface area (Å²) in [6.07, 6.45) is 10.1. The molecule has 0 aromatic carbocycles. The Morgan fingerprint density at radius 2 is 1.93 bits per heavy atom. The first-order chi connectivity index (χ1) is 21.4. The van der Waals surface area contributed by atoms with E-state index < -0.39 is 54.2 Å². The Bertz CT molecular complexity index is 1260. The molecule has 2 fully saturated rings. The number of aliphatic hydroxyl groups is 1. The predicted molar refractivity (Wildman–Crippen MR) is 167 cm³/mol. The molecule has 4 bridgehead atoms. The number of ether oxygens (including phenoxy) is 5. The third-order valence-corrected chi connectivity index (χ3v) is 10.6. The van der Waals surface area contributed by atoms with Gasteiger partial charge in [0.2, 0.25) is 0 Å². The number of allylic oxidation sites excluding steroid dienone is 3. The van der Waals surface area contributed by atoms with Gasteiger partial charge < -0.3 is 28.8 Å². The molecular formula is C36H50O9. The van der Waals surface area contributed by atoms with Crippen LogP contribution >= 0.6 is 0 Å². The maximum absolute atomic E-state index is 13.6. The quantitative estimate of drug-likeness (QED) is 0.214. The van der Waals surface area contributed by atoms with Gasteiger partial charge in [0.05, 0.1) is 6.10 Å². The summed E-state index contributed by atoms with van der Waals surface area (Å²) < 4.78 is 30.7. The zero-order valence-corrected chi connectivity index (χ0v) is 27.6. The molecule has 0 radical (unpaired) electrons. The Kier molecular flexibility index (Phi) is 10.1. The summed E-state index contributed by atoms with van der Waals surface area (Å²) in [6, 6.07) is 0. The lowest BCUT2D eigenvalue weighted by Crippen LogP contribution is -2.57. The maximum atomic E-state index is 13.6. The van der Waals surface area contributed by atoms with Crippen LogP contribution in [-0.2, 0) is 38.1 Å².